The van der Waals surface area contributed by atoms with E-state index in [1.165, 1.54) is 17.3 Å². The monoisotopic (exact) mass is 291 g/mol. The highest BCUT2D eigenvalue weighted by Gasteiger charge is 2.28. The number of rotatable bonds is 5. The van der Waals surface area contributed by atoms with Gasteiger partial charge in [-0.25, -0.2) is 0 Å². The Morgan fingerprint density at radius 3 is 2.60 bits per heavy atom. The molecular weight excluding hydrogens is 274 g/mol. The van der Waals surface area contributed by atoms with Crippen LogP contribution in [-0.2, 0) is 10.5 Å². The van der Waals surface area contributed by atoms with Crippen molar-refractivity contribution in [1.29, 1.82) is 0 Å². The number of nitrogens with zero attached hydrogens (tertiary/aromatic N) is 1. The summed E-state index contributed by atoms with van der Waals surface area (Å²) < 4.78 is 4.42. The molecule has 0 saturated heterocycles. The highest BCUT2D eigenvalue weighted by atomic mass is 32.2. The standard InChI is InChI=1S/C15H17NO3S/c1-10-4-6-11(7-5-10)13-8-12(19-16-13)9-20-15(2,3)14(17)18/h4-8H,9H2,1-3H3,(H,17,18). The summed E-state index contributed by atoms with van der Waals surface area (Å²) in [6, 6.07) is 9.88. The first-order valence-corrected chi connectivity index (χ1v) is 7.27. The number of benzene rings is 1. The number of hydrogen-bond acceptors (Lipinski definition) is 4. The van der Waals surface area contributed by atoms with Gasteiger partial charge in [-0.05, 0) is 20.8 Å². The zero-order chi connectivity index (χ0) is 14.8. The minimum Gasteiger partial charge on any atom is -0.480 e. The molecule has 0 bridgehead atoms. The SMILES string of the molecule is Cc1ccc(-c2cc(CSC(C)(C)C(=O)O)on2)cc1. The summed E-state index contributed by atoms with van der Waals surface area (Å²) in [5, 5.41) is 13.1. The Bertz CT molecular complexity index is 602. The third-order valence-electron chi connectivity index (χ3n) is 3.00. The van der Waals surface area contributed by atoms with Gasteiger partial charge < -0.3 is 9.63 Å². The fraction of sp³-hybridized carbons (Fsp3) is 0.333. The van der Waals surface area contributed by atoms with E-state index in [4.69, 9.17) is 9.63 Å². The molecular formula is C15H17NO3S. The van der Waals surface area contributed by atoms with E-state index in [9.17, 15) is 4.79 Å². The van der Waals surface area contributed by atoms with Crippen LogP contribution in [0, 0.1) is 6.92 Å². The number of hydrogen-bond donors (Lipinski definition) is 1. The van der Waals surface area contributed by atoms with Gasteiger partial charge in [-0.1, -0.05) is 35.0 Å². The van der Waals surface area contributed by atoms with Crippen molar-refractivity contribution in [3.05, 3.63) is 41.7 Å². The van der Waals surface area contributed by atoms with Crippen LogP contribution in [0.5, 0.6) is 0 Å². The van der Waals surface area contributed by atoms with Crippen LogP contribution in [-0.4, -0.2) is 21.0 Å². The van der Waals surface area contributed by atoms with E-state index in [1.807, 2.05) is 37.3 Å². The number of aliphatic carboxylic acids is 1. The molecule has 2 aromatic rings. The molecule has 0 radical (unpaired) electrons. The minimum atomic E-state index is -0.836. The zero-order valence-electron chi connectivity index (χ0n) is 11.7. The van der Waals surface area contributed by atoms with Crippen LogP contribution in [0.3, 0.4) is 0 Å². The predicted octanol–water partition coefficient (Wildman–Crippen LogP) is 3.75. The van der Waals surface area contributed by atoms with E-state index < -0.39 is 10.7 Å². The molecule has 0 amide bonds. The second-order valence-corrected chi connectivity index (χ2v) is 6.75. The molecule has 106 valence electrons. The third-order valence-corrected chi connectivity index (χ3v) is 4.32. The van der Waals surface area contributed by atoms with Gasteiger partial charge in [-0.3, -0.25) is 4.79 Å². The maximum atomic E-state index is 11.0. The van der Waals surface area contributed by atoms with Gasteiger partial charge in [-0.2, -0.15) is 0 Å². The van der Waals surface area contributed by atoms with Crippen molar-refractivity contribution in [3.63, 3.8) is 0 Å². The lowest BCUT2D eigenvalue weighted by molar-refractivity contribution is -0.138. The Balaban J connectivity index is 2.06. The van der Waals surface area contributed by atoms with Crippen molar-refractivity contribution in [2.75, 3.05) is 0 Å². The summed E-state index contributed by atoms with van der Waals surface area (Å²) >= 11 is 1.32. The fourth-order valence-corrected chi connectivity index (χ4v) is 2.32. The van der Waals surface area contributed by atoms with Gasteiger partial charge in [0.25, 0.3) is 0 Å². The minimum absolute atomic E-state index is 0.484. The van der Waals surface area contributed by atoms with E-state index in [0.717, 1.165) is 11.3 Å². The summed E-state index contributed by atoms with van der Waals surface area (Å²) in [6.45, 7) is 5.39. The molecule has 0 aliphatic heterocycles. The maximum Gasteiger partial charge on any atom is 0.319 e. The maximum absolute atomic E-state index is 11.0. The predicted molar refractivity (Wildman–Crippen MR) is 79.7 cm³/mol. The van der Waals surface area contributed by atoms with Gasteiger partial charge >= 0.3 is 5.97 Å². The first-order valence-electron chi connectivity index (χ1n) is 6.28. The van der Waals surface area contributed by atoms with Gasteiger partial charge in [0.05, 0.1) is 5.75 Å². The molecule has 20 heavy (non-hydrogen) atoms. The quantitative estimate of drug-likeness (QED) is 0.909. The van der Waals surface area contributed by atoms with Crippen LogP contribution in [0.25, 0.3) is 11.3 Å². The Labute approximate surface area is 122 Å². The Kier molecular flexibility index (Phi) is 4.18. The molecule has 0 unspecified atom stereocenters. The fourth-order valence-electron chi connectivity index (χ4n) is 1.55. The van der Waals surface area contributed by atoms with Gasteiger partial charge in [-0.15, -0.1) is 11.8 Å². The van der Waals surface area contributed by atoms with Gasteiger partial charge in [0.1, 0.15) is 16.2 Å². The molecule has 1 heterocycles. The lowest BCUT2D eigenvalue weighted by atomic mass is 10.1. The molecule has 5 heteroatoms. The molecule has 0 aliphatic carbocycles. The number of thioether (sulfide) groups is 1. The van der Waals surface area contributed by atoms with Crippen molar-refractivity contribution in [3.8, 4) is 11.3 Å². The van der Waals surface area contributed by atoms with Crippen LogP contribution in [0.1, 0.15) is 25.2 Å². The van der Waals surface area contributed by atoms with E-state index in [1.54, 1.807) is 13.8 Å². The zero-order valence-corrected chi connectivity index (χ0v) is 12.5. The van der Waals surface area contributed by atoms with E-state index in [2.05, 4.69) is 5.16 Å². The highest BCUT2D eigenvalue weighted by Crippen LogP contribution is 2.29. The molecule has 0 atom stereocenters. The Hall–Kier alpha value is -1.75. The number of aromatic nitrogens is 1. The number of carbonyl (C=O) groups is 1. The molecule has 0 saturated carbocycles. The Morgan fingerprint density at radius 1 is 1.35 bits per heavy atom. The molecule has 0 spiro atoms. The molecule has 1 aromatic heterocycles. The van der Waals surface area contributed by atoms with Crippen molar-refractivity contribution in [2.24, 2.45) is 0 Å². The largest absolute Gasteiger partial charge is 0.480 e. The molecule has 1 aromatic carbocycles. The number of aryl methyl sites for hydroxylation is 1. The second-order valence-electron chi connectivity index (χ2n) is 5.15. The lowest BCUT2D eigenvalue weighted by Gasteiger charge is -2.16. The van der Waals surface area contributed by atoms with Gasteiger partial charge in [0.15, 0.2) is 0 Å². The first kappa shape index (κ1) is 14.7. The number of carboxylic acids is 1. The highest BCUT2D eigenvalue weighted by molar-refractivity contribution is 8.00. The summed E-state index contributed by atoms with van der Waals surface area (Å²) in [4.78, 5) is 11.0. The second kappa shape index (κ2) is 5.71. The topological polar surface area (TPSA) is 63.3 Å². The van der Waals surface area contributed by atoms with Crippen LogP contribution in [0.4, 0.5) is 0 Å². The van der Waals surface area contributed by atoms with Crippen molar-refractivity contribution >= 4 is 17.7 Å². The van der Waals surface area contributed by atoms with E-state index in [0.29, 0.717) is 11.5 Å². The van der Waals surface area contributed by atoms with Gasteiger partial charge in [0, 0.05) is 11.6 Å². The van der Waals surface area contributed by atoms with Crippen molar-refractivity contribution in [1.82, 2.24) is 5.16 Å². The Morgan fingerprint density at radius 2 is 2.00 bits per heavy atom. The summed E-state index contributed by atoms with van der Waals surface area (Å²) in [5.74, 6) is 0.332. The molecule has 1 N–H and O–H groups in total. The van der Waals surface area contributed by atoms with Crippen molar-refractivity contribution < 1.29 is 14.4 Å². The molecule has 2 rings (SSSR count). The smallest absolute Gasteiger partial charge is 0.319 e. The summed E-state index contributed by atoms with van der Waals surface area (Å²) in [6.07, 6.45) is 0. The van der Waals surface area contributed by atoms with Gasteiger partial charge in [0.2, 0.25) is 0 Å². The van der Waals surface area contributed by atoms with Crippen LogP contribution in [0.2, 0.25) is 0 Å². The first-order chi connectivity index (χ1) is 9.38. The van der Waals surface area contributed by atoms with Crippen LogP contribution >= 0.6 is 11.8 Å². The lowest BCUT2D eigenvalue weighted by Crippen LogP contribution is -2.27. The van der Waals surface area contributed by atoms with Crippen LogP contribution < -0.4 is 0 Å². The summed E-state index contributed by atoms with van der Waals surface area (Å²) in [7, 11) is 0. The van der Waals surface area contributed by atoms with E-state index in [-0.39, 0.29) is 0 Å². The van der Waals surface area contributed by atoms with E-state index >= 15 is 0 Å². The average molecular weight is 291 g/mol. The normalized spacial score (nSPS) is 11.6. The molecule has 0 aliphatic rings. The third kappa shape index (κ3) is 3.42. The average Bonchev–Trinajstić information content (AvgIpc) is 2.86. The number of carboxylic acid groups (broad SMARTS) is 1. The van der Waals surface area contributed by atoms with Crippen LogP contribution in [0.15, 0.2) is 34.9 Å². The summed E-state index contributed by atoms with van der Waals surface area (Å²) in [5.41, 5.74) is 2.96. The van der Waals surface area contributed by atoms with Crippen molar-refractivity contribution in [2.45, 2.75) is 31.3 Å². The molecule has 0 fully saturated rings. The molecule has 4 nitrogen and oxygen atoms in total.